The lowest BCUT2D eigenvalue weighted by Crippen LogP contribution is -2.44. The van der Waals surface area contributed by atoms with Crippen LogP contribution in [0.15, 0.2) is 0 Å². The zero-order valence-corrected chi connectivity index (χ0v) is 14.4. The van der Waals surface area contributed by atoms with Crippen LogP contribution in [0.3, 0.4) is 0 Å². The smallest absolute Gasteiger partial charge is 0.319 e. The van der Waals surface area contributed by atoms with Gasteiger partial charge in [0.15, 0.2) is 0 Å². The number of nitrogens with zero attached hydrogens (tertiary/aromatic N) is 1. The topological polar surface area (TPSA) is 128 Å². The molecule has 1 amide bonds. The van der Waals surface area contributed by atoms with Crippen LogP contribution in [0, 0.1) is 5.92 Å². The molecule has 0 saturated heterocycles. The third-order valence-electron chi connectivity index (χ3n) is 3.23. The fourth-order valence-corrected chi connectivity index (χ4v) is 2.15. The third-order valence-corrected chi connectivity index (χ3v) is 3.23. The third kappa shape index (κ3) is 14.1. The molecule has 0 aliphatic heterocycles. The van der Waals surface area contributed by atoms with Gasteiger partial charge in [0.05, 0.1) is 12.5 Å². The van der Waals surface area contributed by atoms with Crippen molar-refractivity contribution in [3.8, 4) is 0 Å². The van der Waals surface area contributed by atoms with Crippen LogP contribution in [0.1, 0.15) is 39.5 Å². The lowest BCUT2D eigenvalue weighted by atomic mass is 10.1. The van der Waals surface area contributed by atoms with E-state index in [0.717, 1.165) is 24.4 Å². The molecule has 8 heteroatoms. The minimum absolute atomic E-state index is 0.106. The second-order valence-corrected chi connectivity index (χ2v) is 6.38. The monoisotopic (exact) mass is 332 g/mol. The number of likely N-dealkylation sites (N-methyl/N-ethyl adjacent to an activating group) is 1. The van der Waals surface area contributed by atoms with E-state index >= 15 is 0 Å². The Bertz CT molecular complexity index is 352. The van der Waals surface area contributed by atoms with Crippen LogP contribution in [-0.2, 0) is 9.59 Å². The van der Waals surface area contributed by atoms with Crippen molar-refractivity contribution in [2.75, 3.05) is 26.7 Å². The predicted molar refractivity (Wildman–Crippen MR) is 88.6 cm³/mol. The maximum absolute atomic E-state index is 11.6. The van der Waals surface area contributed by atoms with E-state index in [2.05, 4.69) is 24.6 Å². The maximum atomic E-state index is 11.6. The van der Waals surface area contributed by atoms with Gasteiger partial charge >= 0.3 is 5.97 Å². The van der Waals surface area contributed by atoms with Gasteiger partial charge in [0.25, 0.3) is 0 Å². The SMILES string of the molecule is CC(C)CCCNC[C@H](N)C[C@@H](O)CC(=O)NN(C)CC(=O)O. The fourth-order valence-electron chi connectivity index (χ4n) is 2.15. The van der Waals surface area contributed by atoms with Crippen LogP contribution in [0.25, 0.3) is 0 Å². The Hall–Kier alpha value is -1.22. The number of aliphatic hydroxyl groups is 1. The van der Waals surface area contributed by atoms with Crippen LogP contribution in [0.5, 0.6) is 0 Å². The molecule has 6 N–H and O–H groups in total. The molecule has 0 aliphatic carbocycles. The van der Waals surface area contributed by atoms with Gasteiger partial charge in [-0.2, -0.15) is 0 Å². The second kappa shape index (κ2) is 12.2. The molecule has 23 heavy (non-hydrogen) atoms. The zero-order valence-electron chi connectivity index (χ0n) is 14.4. The molecule has 0 bridgehead atoms. The maximum Gasteiger partial charge on any atom is 0.319 e. The standard InChI is InChI=1S/C15H32N4O4/c1-11(2)5-4-6-17-9-12(16)7-13(20)8-14(21)18-19(3)10-15(22)23/h11-13,17,20H,4-10,16H2,1-3H3,(H,18,21)(H,22,23)/t12-,13-/m1/s1. The first-order valence-electron chi connectivity index (χ1n) is 8.07. The Morgan fingerprint density at radius 2 is 1.96 bits per heavy atom. The number of rotatable bonds is 13. The number of hydrogen-bond acceptors (Lipinski definition) is 6. The Kier molecular flexibility index (Phi) is 11.6. The number of carbonyl (C=O) groups excluding carboxylic acids is 1. The summed E-state index contributed by atoms with van der Waals surface area (Å²) in [4.78, 5) is 22.1. The van der Waals surface area contributed by atoms with Gasteiger partial charge in [0.1, 0.15) is 6.54 Å². The van der Waals surface area contributed by atoms with E-state index in [-0.39, 0.29) is 19.0 Å². The van der Waals surface area contributed by atoms with E-state index in [1.807, 2.05) is 0 Å². The Morgan fingerprint density at radius 3 is 2.52 bits per heavy atom. The number of carbonyl (C=O) groups is 2. The molecular formula is C15H32N4O4. The number of hydrazine groups is 1. The van der Waals surface area contributed by atoms with E-state index in [9.17, 15) is 14.7 Å². The molecule has 0 aromatic rings. The van der Waals surface area contributed by atoms with Gasteiger partial charge < -0.3 is 21.3 Å². The molecule has 0 fully saturated rings. The highest BCUT2D eigenvalue weighted by atomic mass is 16.4. The number of hydrogen-bond donors (Lipinski definition) is 5. The van der Waals surface area contributed by atoms with Gasteiger partial charge in [0.2, 0.25) is 5.91 Å². The lowest BCUT2D eigenvalue weighted by molar-refractivity contribution is -0.139. The van der Waals surface area contributed by atoms with Crippen molar-refractivity contribution in [3.05, 3.63) is 0 Å². The van der Waals surface area contributed by atoms with Gasteiger partial charge in [-0.3, -0.25) is 15.0 Å². The summed E-state index contributed by atoms with van der Waals surface area (Å²) < 4.78 is 0. The highest BCUT2D eigenvalue weighted by Gasteiger charge is 2.16. The molecular weight excluding hydrogens is 300 g/mol. The molecule has 0 radical (unpaired) electrons. The Balaban J connectivity index is 3.80. The largest absolute Gasteiger partial charge is 0.480 e. The number of nitrogens with one attached hydrogen (secondary N) is 2. The van der Waals surface area contributed by atoms with Crippen LogP contribution < -0.4 is 16.5 Å². The number of aliphatic carboxylic acids is 1. The average Bonchev–Trinajstić information content (AvgIpc) is 2.35. The molecule has 8 nitrogen and oxygen atoms in total. The van der Waals surface area contributed by atoms with Crippen molar-refractivity contribution in [1.82, 2.24) is 15.8 Å². The summed E-state index contributed by atoms with van der Waals surface area (Å²) in [7, 11) is 1.45. The van der Waals surface area contributed by atoms with E-state index < -0.39 is 18.0 Å². The highest BCUT2D eigenvalue weighted by molar-refractivity contribution is 5.76. The van der Waals surface area contributed by atoms with Crippen molar-refractivity contribution < 1.29 is 19.8 Å². The molecule has 0 spiro atoms. The van der Waals surface area contributed by atoms with E-state index in [0.29, 0.717) is 18.9 Å². The predicted octanol–water partition coefficient (Wildman–Crippen LogP) is -0.472. The summed E-state index contributed by atoms with van der Waals surface area (Å²) in [5.41, 5.74) is 8.30. The molecule has 0 aliphatic rings. The second-order valence-electron chi connectivity index (χ2n) is 6.38. The first kappa shape index (κ1) is 21.8. The normalized spacial score (nSPS) is 14.0. The van der Waals surface area contributed by atoms with Crippen molar-refractivity contribution in [1.29, 1.82) is 0 Å². The van der Waals surface area contributed by atoms with Gasteiger partial charge in [0, 0.05) is 19.6 Å². The van der Waals surface area contributed by atoms with Crippen LogP contribution >= 0.6 is 0 Å². The fraction of sp³-hybridized carbons (Fsp3) is 0.867. The summed E-state index contributed by atoms with van der Waals surface area (Å²) >= 11 is 0. The van der Waals surface area contributed by atoms with Crippen molar-refractivity contribution in [3.63, 3.8) is 0 Å². The summed E-state index contributed by atoms with van der Waals surface area (Å²) in [5.74, 6) is -0.790. The molecule has 2 atom stereocenters. The summed E-state index contributed by atoms with van der Waals surface area (Å²) in [5, 5.41) is 22.8. The molecule has 136 valence electrons. The van der Waals surface area contributed by atoms with Gasteiger partial charge in [-0.1, -0.05) is 13.8 Å². The Morgan fingerprint density at radius 1 is 1.30 bits per heavy atom. The van der Waals surface area contributed by atoms with Gasteiger partial charge in [-0.05, 0) is 31.7 Å². The summed E-state index contributed by atoms with van der Waals surface area (Å²) in [6.07, 6.45) is 1.61. The average molecular weight is 332 g/mol. The molecule has 0 aromatic heterocycles. The van der Waals surface area contributed by atoms with Crippen molar-refractivity contribution in [2.45, 2.75) is 51.7 Å². The van der Waals surface area contributed by atoms with Crippen molar-refractivity contribution >= 4 is 11.9 Å². The first-order valence-corrected chi connectivity index (χ1v) is 8.07. The number of carboxylic acids is 1. The van der Waals surface area contributed by atoms with Crippen molar-refractivity contribution in [2.24, 2.45) is 11.7 Å². The minimum Gasteiger partial charge on any atom is -0.480 e. The number of aliphatic hydroxyl groups excluding tert-OH is 1. The minimum atomic E-state index is -1.04. The zero-order chi connectivity index (χ0) is 17.8. The lowest BCUT2D eigenvalue weighted by Gasteiger charge is -2.19. The van der Waals surface area contributed by atoms with Crippen LogP contribution in [0.2, 0.25) is 0 Å². The Labute approximate surface area is 138 Å². The molecule has 0 aromatic carbocycles. The number of amides is 1. The van der Waals surface area contributed by atoms with Crippen LogP contribution in [0.4, 0.5) is 0 Å². The van der Waals surface area contributed by atoms with E-state index in [4.69, 9.17) is 10.8 Å². The highest BCUT2D eigenvalue weighted by Crippen LogP contribution is 2.03. The molecule has 0 unspecified atom stereocenters. The molecule has 0 rings (SSSR count). The van der Waals surface area contributed by atoms with E-state index in [1.165, 1.54) is 7.05 Å². The van der Waals surface area contributed by atoms with Gasteiger partial charge in [-0.15, -0.1) is 0 Å². The molecule has 0 heterocycles. The van der Waals surface area contributed by atoms with Gasteiger partial charge in [-0.25, -0.2) is 5.01 Å². The number of carboxylic acid groups (broad SMARTS) is 1. The summed E-state index contributed by atoms with van der Waals surface area (Å²) in [6, 6.07) is -0.228. The summed E-state index contributed by atoms with van der Waals surface area (Å²) in [6.45, 7) is 5.54. The first-order chi connectivity index (χ1) is 10.7. The van der Waals surface area contributed by atoms with Crippen LogP contribution in [-0.4, -0.2) is 65.9 Å². The molecule has 0 saturated carbocycles. The van der Waals surface area contributed by atoms with E-state index in [1.54, 1.807) is 0 Å². The quantitative estimate of drug-likeness (QED) is 0.228. The number of nitrogens with two attached hydrogens (primary N) is 1.